The predicted octanol–water partition coefficient (Wildman–Crippen LogP) is 4.37. The number of carbonyl (C=O) groups is 1. The number of methoxy groups -OCH3 is 1. The number of rotatable bonds is 5. The van der Waals surface area contributed by atoms with Gasteiger partial charge in [0.15, 0.2) is 11.6 Å². The highest BCUT2D eigenvalue weighted by Gasteiger charge is 2.15. The molecule has 0 unspecified atom stereocenters. The Morgan fingerprint density at radius 2 is 1.85 bits per heavy atom. The maximum Gasteiger partial charge on any atom is 0.337 e. The largest absolute Gasteiger partial charge is 0.465 e. The van der Waals surface area contributed by atoms with Crippen LogP contribution in [0.25, 0.3) is 11.1 Å². The fourth-order valence-electron chi connectivity index (χ4n) is 2.40. The molecule has 8 heteroatoms. The summed E-state index contributed by atoms with van der Waals surface area (Å²) in [6.07, 6.45) is 3.01. The van der Waals surface area contributed by atoms with Crippen molar-refractivity contribution in [3.05, 3.63) is 82.4 Å². The van der Waals surface area contributed by atoms with Crippen LogP contribution in [-0.4, -0.2) is 23.0 Å². The second kappa shape index (κ2) is 7.61. The number of carbonyl (C=O) groups excluding carboxylic acids is 1. The smallest absolute Gasteiger partial charge is 0.337 e. The maximum atomic E-state index is 14.1. The summed E-state index contributed by atoms with van der Waals surface area (Å²) in [6, 6.07) is 11.2. The van der Waals surface area contributed by atoms with E-state index in [-0.39, 0.29) is 11.4 Å². The van der Waals surface area contributed by atoms with E-state index in [2.05, 4.69) is 9.72 Å². The van der Waals surface area contributed by atoms with Gasteiger partial charge in [-0.3, -0.25) is 15.1 Å². The topological polar surface area (TPSA) is 91.6 Å². The second-order valence-corrected chi connectivity index (χ2v) is 5.41. The first-order valence-electron chi connectivity index (χ1n) is 7.74. The lowest BCUT2D eigenvalue weighted by Gasteiger charge is -2.11. The summed E-state index contributed by atoms with van der Waals surface area (Å²) in [5.74, 6) is -1.16. The van der Waals surface area contributed by atoms with Gasteiger partial charge in [0.2, 0.25) is 0 Å². The minimum atomic E-state index is -0.854. The average Bonchev–Trinajstić information content (AvgIpc) is 2.69. The number of nitro benzene ring substituents is 1. The van der Waals surface area contributed by atoms with Gasteiger partial charge in [-0.05, 0) is 29.8 Å². The zero-order valence-electron chi connectivity index (χ0n) is 14.1. The van der Waals surface area contributed by atoms with Crippen molar-refractivity contribution in [3.63, 3.8) is 0 Å². The van der Waals surface area contributed by atoms with Gasteiger partial charge in [0.05, 0.1) is 23.7 Å². The van der Waals surface area contributed by atoms with Gasteiger partial charge in [-0.25, -0.2) is 9.18 Å². The van der Waals surface area contributed by atoms with Gasteiger partial charge in [-0.2, -0.15) is 0 Å². The molecule has 7 nitrogen and oxygen atoms in total. The molecule has 0 amide bonds. The van der Waals surface area contributed by atoms with Crippen LogP contribution >= 0.6 is 0 Å². The molecule has 1 aromatic heterocycles. The number of non-ortho nitro benzene ring substituents is 1. The third-order valence-electron chi connectivity index (χ3n) is 3.74. The van der Waals surface area contributed by atoms with Gasteiger partial charge in [0.25, 0.3) is 5.69 Å². The van der Waals surface area contributed by atoms with E-state index in [1.807, 2.05) is 0 Å². The van der Waals surface area contributed by atoms with Gasteiger partial charge in [-0.15, -0.1) is 0 Å². The number of benzene rings is 2. The zero-order valence-corrected chi connectivity index (χ0v) is 14.1. The highest BCUT2D eigenvalue weighted by atomic mass is 19.1. The summed E-state index contributed by atoms with van der Waals surface area (Å²) in [6.45, 7) is 0. The molecule has 0 saturated heterocycles. The van der Waals surface area contributed by atoms with Crippen LogP contribution in [0.2, 0.25) is 0 Å². The van der Waals surface area contributed by atoms with Crippen LogP contribution in [0.3, 0.4) is 0 Å². The fraction of sp³-hybridized carbons (Fsp3) is 0.0526. The zero-order chi connectivity index (χ0) is 19.4. The molecule has 2 aromatic carbocycles. The van der Waals surface area contributed by atoms with Crippen molar-refractivity contribution in [2.45, 2.75) is 0 Å². The molecule has 0 fully saturated rings. The van der Waals surface area contributed by atoms with E-state index in [0.29, 0.717) is 22.4 Å². The van der Waals surface area contributed by atoms with Crippen molar-refractivity contribution in [1.29, 1.82) is 0 Å². The normalized spacial score (nSPS) is 10.3. The highest BCUT2D eigenvalue weighted by molar-refractivity contribution is 5.90. The molecule has 3 aromatic rings. The lowest BCUT2D eigenvalue weighted by Crippen LogP contribution is -2.00. The van der Waals surface area contributed by atoms with Crippen molar-refractivity contribution in [1.82, 2.24) is 4.98 Å². The Kier molecular flexibility index (Phi) is 5.07. The van der Waals surface area contributed by atoms with Crippen molar-refractivity contribution < 1.29 is 23.6 Å². The molecule has 0 spiro atoms. The van der Waals surface area contributed by atoms with E-state index in [0.717, 1.165) is 12.1 Å². The Labute approximate surface area is 153 Å². The second-order valence-electron chi connectivity index (χ2n) is 5.41. The number of hydrogen-bond acceptors (Lipinski definition) is 6. The monoisotopic (exact) mass is 368 g/mol. The Bertz CT molecular complexity index is 1010. The molecule has 0 radical (unpaired) electrons. The van der Waals surface area contributed by atoms with E-state index < -0.39 is 16.7 Å². The molecule has 27 heavy (non-hydrogen) atoms. The van der Waals surface area contributed by atoms with Gasteiger partial charge in [-0.1, -0.05) is 12.1 Å². The molecule has 0 saturated carbocycles. The Hall–Kier alpha value is -3.81. The highest BCUT2D eigenvalue weighted by Crippen LogP contribution is 2.34. The number of hydrogen-bond donors (Lipinski definition) is 0. The van der Waals surface area contributed by atoms with Gasteiger partial charge in [0.1, 0.15) is 5.75 Å². The van der Waals surface area contributed by atoms with E-state index >= 15 is 0 Å². The van der Waals surface area contributed by atoms with Gasteiger partial charge in [0, 0.05) is 24.0 Å². The molecule has 3 rings (SSSR count). The van der Waals surface area contributed by atoms with E-state index in [9.17, 15) is 19.3 Å². The molecule has 136 valence electrons. The fourth-order valence-corrected chi connectivity index (χ4v) is 2.40. The summed E-state index contributed by atoms with van der Waals surface area (Å²) in [7, 11) is 1.29. The van der Waals surface area contributed by atoms with Crippen LogP contribution in [0.15, 0.2) is 60.9 Å². The summed E-state index contributed by atoms with van der Waals surface area (Å²) in [5, 5.41) is 10.7. The average molecular weight is 368 g/mol. The Morgan fingerprint density at radius 1 is 1.11 bits per heavy atom. The SMILES string of the molecule is COC(=O)c1ccc(-c2cnccc2Oc2ccc([N+](=O)[O-])cc2F)cc1. The van der Waals surface area contributed by atoms with Gasteiger partial charge < -0.3 is 9.47 Å². The van der Waals surface area contributed by atoms with Crippen molar-refractivity contribution in [3.8, 4) is 22.6 Å². The molecule has 0 aliphatic rings. The number of nitrogens with zero attached hydrogens (tertiary/aromatic N) is 2. The van der Waals surface area contributed by atoms with E-state index in [4.69, 9.17) is 4.74 Å². The van der Waals surface area contributed by atoms with E-state index in [1.165, 1.54) is 25.6 Å². The molecule has 0 aliphatic heterocycles. The molecule has 1 heterocycles. The molecular formula is C19H13FN2O5. The minimum absolute atomic E-state index is 0.153. The number of pyridine rings is 1. The summed E-state index contributed by atoms with van der Waals surface area (Å²) in [5.41, 5.74) is 1.27. The van der Waals surface area contributed by atoms with Crippen molar-refractivity contribution in [2.24, 2.45) is 0 Å². The first kappa shape index (κ1) is 18.0. The Morgan fingerprint density at radius 3 is 2.48 bits per heavy atom. The summed E-state index contributed by atoms with van der Waals surface area (Å²) < 4.78 is 24.4. The lowest BCUT2D eigenvalue weighted by atomic mass is 10.0. The quantitative estimate of drug-likeness (QED) is 0.377. The minimum Gasteiger partial charge on any atom is -0.465 e. The number of aromatic nitrogens is 1. The van der Waals surface area contributed by atoms with Gasteiger partial charge >= 0.3 is 5.97 Å². The first-order chi connectivity index (χ1) is 13.0. The van der Waals surface area contributed by atoms with Crippen LogP contribution in [0.5, 0.6) is 11.5 Å². The number of halogens is 1. The number of ether oxygens (including phenoxy) is 2. The molecule has 0 N–H and O–H groups in total. The standard InChI is InChI=1S/C19H13FN2O5/c1-26-19(23)13-4-2-12(3-5-13)15-11-21-9-8-17(15)27-18-7-6-14(22(24)25)10-16(18)20/h2-11H,1H3. The molecular weight excluding hydrogens is 355 g/mol. The summed E-state index contributed by atoms with van der Waals surface area (Å²) >= 11 is 0. The molecule has 0 bridgehead atoms. The van der Waals surface area contributed by atoms with Crippen molar-refractivity contribution in [2.75, 3.05) is 7.11 Å². The van der Waals surface area contributed by atoms with Crippen LogP contribution < -0.4 is 4.74 Å². The van der Waals surface area contributed by atoms with Crippen LogP contribution in [0, 0.1) is 15.9 Å². The number of esters is 1. The summed E-state index contributed by atoms with van der Waals surface area (Å²) in [4.78, 5) is 25.6. The van der Waals surface area contributed by atoms with Crippen molar-refractivity contribution >= 4 is 11.7 Å². The third-order valence-corrected chi connectivity index (χ3v) is 3.74. The maximum absolute atomic E-state index is 14.1. The Balaban J connectivity index is 1.93. The molecule has 0 aliphatic carbocycles. The van der Waals surface area contributed by atoms with Crippen LogP contribution in [0.4, 0.5) is 10.1 Å². The van der Waals surface area contributed by atoms with E-state index in [1.54, 1.807) is 30.3 Å². The third kappa shape index (κ3) is 3.90. The first-order valence-corrected chi connectivity index (χ1v) is 7.74. The van der Waals surface area contributed by atoms with Crippen LogP contribution in [-0.2, 0) is 4.74 Å². The lowest BCUT2D eigenvalue weighted by molar-refractivity contribution is -0.385. The molecule has 0 atom stereocenters. The number of nitro groups is 1. The predicted molar refractivity (Wildman–Crippen MR) is 94.1 cm³/mol. The van der Waals surface area contributed by atoms with Crippen LogP contribution in [0.1, 0.15) is 10.4 Å².